The lowest BCUT2D eigenvalue weighted by Crippen LogP contribution is -2.12. The first-order valence-electron chi connectivity index (χ1n) is 5.62. The minimum atomic E-state index is -0.195. The Morgan fingerprint density at radius 3 is 2.67 bits per heavy atom. The van der Waals surface area contributed by atoms with Crippen molar-refractivity contribution in [1.29, 1.82) is 0 Å². The molecule has 2 N–H and O–H groups in total. The summed E-state index contributed by atoms with van der Waals surface area (Å²) in [5.74, 6) is 0.719. The number of aryl methyl sites for hydroxylation is 1. The molecule has 2 rings (SSSR count). The normalized spacial score (nSPS) is 12.2. The maximum absolute atomic E-state index is 6.25. The van der Waals surface area contributed by atoms with E-state index in [2.05, 4.69) is 27.0 Å². The van der Waals surface area contributed by atoms with Crippen molar-refractivity contribution >= 4 is 15.9 Å². The van der Waals surface area contributed by atoms with Crippen molar-refractivity contribution in [3.8, 4) is 5.75 Å². The fraction of sp³-hybridized carbons (Fsp3) is 0.214. The van der Waals surface area contributed by atoms with E-state index in [0.717, 1.165) is 21.3 Å². The molecule has 0 radical (unpaired) electrons. The highest BCUT2D eigenvalue weighted by atomic mass is 79.9. The van der Waals surface area contributed by atoms with Crippen LogP contribution in [0.1, 0.15) is 22.7 Å². The molecule has 0 fully saturated rings. The van der Waals surface area contributed by atoms with Crippen molar-refractivity contribution < 1.29 is 4.74 Å². The molecule has 1 atom stereocenters. The van der Waals surface area contributed by atoms with E-state index in [9.17, 15) is 0 Å². The summed E-state index contributed by atoms with van der Waals surface area (Å²) in [7, 11) is 1.62. The fourth-order valence-electron chi connectivity index (χ4n) is 1.77. The number of aromatic nitrogens is 1. The monoisotopic (exact) mass is 306 g/mol. The Kier molecular flexibility index (Phi) is 3.99. The Balaban J connectivity index is 2.34. The summed E-state index contributed by atoms with van der Waals surface area (Å²) in [5, 5.41) is 0. The molecule has 94 valence electrons. The van der Waals surface area contributed by atoms with Gasteiger partial charge in [-0.3, -0.25) is 4.98 Å². The first-order chi connectivity index (χ1) is 8.61. The molecule has 0 amide bonds. The molecule has 0 aliphatic carbocycles. The van der Waals surface area contributed by atoms with Gasteiger partial charge >= 0.3 is 0 Å². The number of halogens is 1. The van der Waals surface area contributed by atoms with E-state index in [1.807, 2.05) is 25.1 Å². The van der Waals surface area contributed by atoms with Crippen LogP contribution in [0.5, 0.6) is 5.75 Å². The molecule has 0 spiro atoms. The molecule has 1 aromatic carbocycles. The standard InChI is InChI=1S/C14H15BrN2O/c1-9-5-10(3-4-13(9)15)14(16)11-6-12(18-2)8-17-7-11/h3-8,14H,16H2,1-2H3. The third kappa shape index (κ3) is 2.71. The SMILES string of the molecule is COc1cncc(C(N)c2ccc(Br)c(C)c2)c1. The van der Waals surface area contributed by atoms with Crippen molar-refractivity contribution in [2.45, 2.75) is 13.0 Å². The van der Waals surface area contributed by atoms with Crippen LogP contribution < -0.4 is 10.5 Å². The summed E-state index contributed by atoms with van der Waals surface area (Å²) in [6.07, 6.45) is 3.44. The second-order valence-corrected chi connectivity index (χ2v) is 5.00. The van der Waals surface area contributed by atoms with E-state index in [1.165, 1.54) is 5.56 Å². The second-order valence-electron chi connectivity index (χ2n) is 4.14. The number of ether oxygens (including phenoxy) is 1. The minimum Gasteiger partial charge on any atom is -0.495 e. The number of hydrogen-bond donors (Lipinski definition) is 1. The number of rotatable bonds is 3. The van der Waals surface area contributed by atoms with E-state index in [1.54, 1.807) is 19.5 Å². The average molecular weight is 307 g/mol. The van der Waals surface area contributed by atoms with E-state index in [0.29, 0.717) is 0 Å². The van der Waals surface area contributed by atoms with E-state index in [4.69, 9.17) is 10.5 Å². The summed E-state index contributed by atoms with van der Waals surface area (Å²) >= 11 is 3.48. The number of nitrogens with zero attached hydrogens (tertiary/aromatic N) is 1. The van der Waals surface area contributed by atoms with Gasteiger partial charge in [0.05, 0.1) is 19.3 Å². The van der Waals surface area contributed by atoms with Crippen LogP contribution in [0.3, 0.4) is 0 Å². The first kappa shape index (κ1) is 13.1. The average Bonchev–Trinajstić information content (AvgIpc) is 2.41. The van der Waals surface area contributed by atoms with Crippen molar-refractivity contribution in [2.24, 2.45) is 5.73 Å². The highest BCUT2D eigenvalue weighted by Gasteiger charge is 2.11. The lowest BCUT2D eigenvalue weighted by molar-refractivity contribution is 0.412. The fourth-order valence-corrected chi connectivity index (χ4v) is 2.02. The third-order valence-corrected chi connectivity index (χ3v) is 3.76. The van der Waals surface area contributed by atoms with Crippen LogP contribution in [0.25, 0.3) is 0 Å². The smallest absolute Gasteiger partial charge is 0.137 e. The first-order valence-corrected chi connectivity index (χ1v) is 6.41. The molecular weight excluding hydrogens is 292 g/mol. The molecular formula is C14H15BrN2O. The van der Waals surface area contributed by atoms with Crippen LogP contribution in [-0.2, 0) is 0 Å². The summed E-state index contributed by atoms with van der Waals surface area (Å²) in [6, 6.07) is 7.82. The third-order valence-electron chi connectivity index (χ3n) is 2.87. The Hall–Kier alpha value is -1.39. The number of methoxy groups -OCH3 is 1. The molecule has 2 aromatic rings. The second kappa shape index (κ2) is 5.50. The van der Waals surface area contributed by atoms with Crippen LogP contribution in [-0.4, -0.2) is 12.1 Å². The summed E-state index contributed by atoms with van der Waals surface area (Å²) in [5.41, 5.74) is 9.42. The highest BCUT2D eigenvalue weighted by molar-refractivity contribution is 9.10. The zero-order valence-electron chi connectivity index (χ0n) is 10.4. The van der Waals surface area contributed by atoms with Crippen LogP contribution in [0.2, 0.25) is 0 Å². The molecule has 0 saturated heterocycles. The zero-order valence-corrected chi connectivity index (χ0v) is 11.9. The van der Waals surface area contributed by atoms with Gasteiger partial charge in [-0.2, -0.15) is 0 Å². The summed E-state index contributed by atoms with van der Waals surface area (Å²) in [4.78, 5) is 4.13. The Labute approximate surface area is 115 Å². The van der Waals surface area contributed by atoms with Crippen molar-refractivity contribution in [2.75, 3.05) is 7.11 Å². The molecule has 1 unspecified atom stereocenters. The lowest BCUT2D eigenvalue weighted by Gasteiger charge is -2.14. The van der Waals surface area contributed by atoms with E-state index in [-0.39, 0.29) is 6.04 Å². The van der Waals surface area contributed by atoms with Crippen molar-refractivity contribution in [3.05, 3.63) is 57.8 Å². The van der Waals surface area contributed by atoms with Crippen LogP contribution >= 0.6 is 15.9 Å². The van der Waals surface area contributed by atoms with Gasteiger partial charge in [0.25, 0.3) is 0 Å². The number of hydrogen-bond acceptors (Lipinski definition) is 3. The van der Waals surface area contributed by atoms with Gasteiger partial charge in [-0.05, 0) is 35.7 Å². The number of benzene rings is 1. The predicted octanol–water partition coefficient (Wildman–Crippen LogP) is 3.21. The minimum absolute atomic E-state index is 0.195. The van der Waals surface area contributed by atoms with Crippen molar-refractivity contribution in [1.82, 2.24) is 4.98 Å². The van der Waals surface area contributed by atoms with Gasteiger partial charge in [0.1, 0.15) is 5.75 Å². The Bertz CT molecular complexity index is 557. The van der Waals surface area contributed by atoms with Gasteiger partial charge < -0.3 is 10.5 Å². The van der Waals surface area contributed by atoms with E-state index >= 15 is 0 Å². The van der Waals surface area contributed by atoms with Gasteiger partial charge in [-0.25, -0.2) is 0 Å². The molecule has 18 heavy (non-hydrogen) atoms. The predicted molar refractivity (Wildman–Crippen MR) is 75.7 cm³/mol. The van der Waals surface area contributed by atoms with Gasteiger partial charge in [0.15, 0.2) is 0 Å². The molecule has 0 bridgehead atoms. The summed E-state index contributed by atoms with van der Waals surface area (Å²) in [6.45, 7) is 2.05. The van der Waals surface area contributed by atoms with Crippen LogP contribution in [0.4, 0.5) is 0 Å². The van der Waals surface area contributed by atoms with Crippen LogP contribution in [0, 0.1) is 6.92 Å². The van der Waals surface area contributed by atoms with Gasteiger partial charge in [0.2, 0.25) is 0 Å². The molecule has 0 saturated carbocycles. The summed E-state index contributed by atoms with van der Waals surface area (Å²) < 4.78 is 6.24. The molecule has 0 aliphatic heterocycles. The van der Waals surface area contributed by atoms with E-state index < -0.39 is 0 Å². The number of nitrogens with two attached hydrogens (primary N) is 1. The van der Waals surface area contributed by atoms with Gasteiger partial charge in [-0.15, -0.1) is 0 Å². The largest absolute Gasteiger partial charge is 0.495 e. The van der Waals surface area contributed by atoms with Gasteiger partial charge in [0, 0.05) is 10.7 Å². The quantitative estimate of drug-likeness (QED) is 0.947. The molecule has 1 heterocycles. The highest BCUT2D eigenvalue weighted by Crippen LogP contribution is 2.25. The Morgan fingerprint density at radius 1 is 1.22 bits per heavy atom. The Morgan fingerprint density at radius 2 is 2.00 bits per heavy atom. The maximum atomic E-state index is 6.25. The van der Waals surface area contributed by atoms with Crippen molar-refractivity contribution in [3.63, 3.8) is 0 Å². The number of pyridine rings is 1. The maximum Gasteiger partial charge on any atom is 0.137 e. The topological polar surface area (TPSA) is 48.1 Å². The molecule has 0 aliphatic rings. The van der Waals surface area contributed by atoms with Gasteiger partial charge in [-0.1, -0.05) is 28.1 Å². The zero-order chi connectivity index (χ0) is 13.1. The van der Waals surface area contributed by atoms with Crippen LogP contribution in [0.15, 0.2) is 41.1 Å². The lowest BCUT2D eigenvalue weighted by atomic mass is 9.99. The molecule has 3 nitrogen and oxygen atoms in total. The molecule has 4 heteroatoms. The molecule has 1 aromatic heterocycles.